The topological polar surface area (TPSA) is 55.1 Å². The molecule has 23 heavy (non-hydrogen) atoms. The monoisotopic (exact) mass is 314 g/mol. The van der Waals surface area contributed by atoms with Crippen LogP contribution in [0.25, 0.3) is 11.3 Å². The summed E-state index contributed by atoms with van der Waals surface area (Å²) in [5.41, 5.74) is 1.50. The fraction of sp³-hybridized carbons (Fsp3) is 0.0588. The van der Waals surface area contributed by atoms with E-state index in [0.29, 0.717) is 11.3 Å². The van der Waals surface area contributed by atoms with Crippen LogP contribution in [0.15, 0.2) is 59.1 Å². The Bertz CT molecular complexity index is 811. The van der Waals surface area contributed by atoms with Gasteiger partial charge in [-0.3, -0.25) is 4.79 Å². The number of rotatable bonds is 4. The number of carbonyl (C=O) groups excluding carboxylic acids is 1. The summed E-state index contributed by atoms with van der Waals surface area (Å²) in [5.74, 6) is -0.727. The van der Waals surface area contributed by atoms with Crippen LogP contribution in [0.3, 0.4) is 0 Å². The maximum atomic E-state index is 12.9. The van der Waals surface area contributed by atoms with Crippen LogP contribution in [-0.2, 0) is 6.54 Å². The molecular weight excluding hydrogens is 302 g/mol. The van der Waals surface area contributed by atoms with Crippen LogP contribution >= 0.6 is 0 Å². The van der Waals surface area contributed by atoms with Gasteiger partial charge in [-0.15, -0.1) is 0 Å². The molecule has 0 spiro atoms. The Hall–Kier alpha value is -3.02. The van der Waals surface area contributed by atoms with E-state index in [1.54, 1.807) is 12.1 Å². The van der Waals surface area contributed by atoms with Crippen LogP contribution in [0.2, 0.25) is 0 Å². The zero-order chi connectivity index (χ0) is 16.2. The summed E-state index contributed by atoms with van der Waals surface area (Å²) in [5, 5.41) is 6.37. The standard InChI is InChI=1S/C17H12F2N2O2/c18-13-5-1-11(2-6-13)10-20-17(22)15-9-16(23-21-15)12-3-7-14(19)8-4-12/h1-9H,10H2,(H,20,22). The van der Waals surface area contributed by atoms with Crippen molar-refractivity contribution in [3.05, 3.63) is 77.5 Å². The fourth-order valence-electron chi connectivity index (χ4n) is 2.01. The highest BCUT2D eigenvalue weighted by molar-refractivity contribution is 5.93. The summed E-state index contributed by atoms with van der Waals surface area (Å²) in [7, 11) is 0. The van der Waals surface area contributed by atoms with Gasteiger partial charge in [0.25, 0.3) is 5.91 Å². The maximum absolute atomic E-state index is 12.9. The number of benzene rings is 2. The molecule has 0 saturated heterocycles. The smallest absolute Gasteiger partial charge is 0.273 e. The molecule has 1 heterocycles. The molecule has 0 aliphatic heterocycles. The summed E-state index contributed by atoms with van der Waals surface area (Å²) in [6.07, 6.45) is 0. The first kappa shape index (κ1) is 14.9. The molecule has 0 saturated carbocycles. The zero-order valence-corrected chi connectivity index (χ0v) is 11.9. The predicted molar refractivity (Wildman–Crippen MR) is 79.5 cm³/mol. The Morgan fingerprint density at radius 2 is 1.61 bits per heavy atom. The summed E-state index contributed by atoms with van der Waals surface area (Å²) >= 11 is 0. The molecule has 1 aromatic heterocycles. The lowest BCUT2D eigenvalue weighted by Gasteiger charge is -2.02. The van der Waals surface area contributed by atoms with Crippen molar-refractivity contribution in [1.29, 1.82) is 0 Å². The Balaban J connectivity index is 1.66. The second-order valence-electron chi connectivity index (χ2n) is 4.89. The minimum Gasteiger partial charge on any atom is -0.355 e. The lowest BCUT2D eigenvalue weighted by atomic mass is 10.1. The van der Waals surface area contributed by atoms with Crippen molar-refractivity contribution in [3.63, 3.8) is 0 Å². The SMILES string of the molecule is O=C(NCc1ccc(F)cc1)c1cc(-c2ccc(F)cc2)on1. The first-order valence-electron chi connectivity index (χ1n) is 6.87. The summed E-state index contributed by atoms with van der Waals surface area (Å²) < 4.78 is 30.8. The Morgan fingerprint density at radius 1 is 1.00 bits per heavy atom. The highest BCUT2D eigenvalue weighted by atomic mass is 19.1. The van der Waals surface area contributed by atoms with E-state index in [1.807, 2.05) is 0 Å². The molecule has 0 aliphatic carbocycles. The third-order valence-electron chi connectivity index (χ3n) is 3.24. The van der Waals surface area contributed by atoms with Gasteiger partial charge in [-0.1, -0.05) is 17.3 Å². The van der Waals surface area contributed by atoms with Crippen LogP contribution in [-0.4, -0.2) is 11.1 Å². The number of aromatic nitrogens is 1. The molecule has 0 atom stereocenters. The average molecular weight is 314 g/mol. The van der Waals surface area contributed by atoms with Crippen molar-refractivity contribution in [1.82, 2.24) is 10.5 Å². The zero-order valence-electron chi connectivity index (χ0n) is 11.9. The van der Waals surface area contributed by atoms with Crippen molar-refractivity contribution in [2.24, 2.45) is 0 Å². The molecule has 0 radical (unpaired) electrons. The number of nitrogens with one attached hydrogen (secondary N) is 1. The number of halogens is 2. The molecule has 0 unspecified atom stereocenters. The molecule has 0 aliphatic rings. The molecule has 1 amide bonds. The van der Waals surface area contributed by atoms with E-state index in [-0.39, 0.29) is 23.9 Å². The summed E-state index contributed by atoms with van der Waals surface area (Å²) in [6.45, 7) is 0.248. The van der Waals surface area contributed by atoms with Crippen LogP contribution in [0.5, 0.6) is 0 Å². The number of hydrogen-bond acceptors (Lipinski definition) is 3. The Morgan fingerprint density at radius 3 is 2.26 bits per heavy atom. The second kappa shape index (κ2) is 6.39. The summed E-state index contributed by atoms with van der Waals surface area (Å²) in [6, 6.07) is 13.0. The van der Waals surface area contributed by atoms with E-state index >= 15 is 0 Å². The van der Waals surface area contributed by atoms with E-state index in [9.17, 15) is 13.6 Å². The number of nitrogens with zero attached hydrogens (tertiary/aromatic N) is 1. The van der Waals surface area contributed by atoms with Gasteiger partial charge in [0.1, 0.15) is 11.6 Å². The minimum atomic E-state index is -0.411. The molecule has 3 aromatic rings. The van der Waals surface area contributed by atoms with Gasteiger partial charge in [0.05, 0.1) is 0 Å². The van der Waals surface area contributed by atoms with Gasteiger partial charge < -0.3 is 9.84 Å². The van der Waals surface area contributed by atoms with E-state index < -0.39 is 5.91 Å². The molecule has 0 bridgehead atoms. The summed E-state index contributed by atoms with van der Waals surface area (Å²) in [4.78, 5) is 12.0. The average Bonchev–Trinajstić information content (AvgIpc) is 3.05. The number of carbonyl (C=O) groups is 1. The number of amides is 1. The minimum absolute atomic E-state index is 0.117. The lowest BCUT2D eigenvalue weighted by Crippen LogP contribution is -2.23. The van der Waals surface area contributed by atoms with Crippen molar-refractivity contribution >= 4 is 5.91 Å². The van der Waals surface area contributed by atoms with Crippen LogP contribution in [0, 0.1) is 11.6 Å². The van der Waals surface area contributed by atoms with Crippen molar-refractivity contribution in [3.8, 4) is 11.3 Å². The highest BCUT2D eigenvalue weighted by Gasteiger charge is 2.13. The normalized spacial score (nSPS) is 10.5. The first-order valence-corrected chi connectivity index (χ1v) is 6.87. The molecular formula is C17H12F2N2O2. The van der Waals surface area contributed by atoms with E-state index in [1.165, 1.54) is 42.5 Å². The van der Waals surface area contributed by atoms with Gasteiger partial charge in [-0.2, -0.15) is 0 Å². The third kappa shape index (κ3) is 3.60. The molecule has 6 heteroatoms. The molecule has 116 valence electrons. The van der Waals surface area contributed by atoms with Gasteiger partial charge in [0.15, 0.2) is 11.5 Å². The molecule has 1 N–H and O–H groups in total. The van der Waals surface area contributed by atoms with Crippen molar-refractivity contribution in [2.45, 2.75) is 6.54 Å². The Labute approximate surface area is 130 Å². The van der Waals surface area contributed by atoms with Gasteiger partial charge in [-0.25, -0.2) is 8.78 Å². The number of hydrogen-bond donors (Lipinski definition) is 1. The third-order valence-corrected chi connectivity index (χ3v) is 3.24. The van der Waals surface area contributed by atoms with Crippen LogP contribution < -0.4 is 5.32 Å². The second-order valence-corrected chi connectivity index (χ2v) is 4.89. The Kier molecular flexibility index (Phi) is 4.14. The lowest BCUT2D eigenvalue weighted by molar-refractivity contribution is 0.0942. The van der Waals surface area contributed by atoms with E-state index in [2.05, 4.69) is 10.5 Å². The fourth-order valence-corrected chi connectivity index (χ4v) is 2.01. The predicted octanol–water partition coefficient (Wildman–Crippen LogP) is 3.55. The van der Waals surface area contributed by atoms with Gasteiger partial charge in [0, 0.05) is 18.2 Å². The van der Waals surface area contributed by atoms with Crippen molar-refractivity contribution in [2.75, 3.05) is 0 Å². The first-order chi connectivity index (χ1) is 11.1. The van der Waals surface area contributed by atoms with Gasteiger partial charge in [0.2, 0.25) is 0 Å². The maximum Gasteiger partial charge on any atom is 0.273 e. The van der Waals surface area contributed by atoms with E-state index in [0.717, 1.165) is 5.56 Å². The highest BCUT2D eigenvalue weighted by Crippen LogP contribution is 2.20. The van der Waals surface area contributed by atoms with Crippen molar-refractivity contribution < 1.29 is 18.1 Å². The van der Waals surface area contributed by atoms with Crippen LogP contribution in [0.4, 0.5) is 8.78 Å². The van der Waals surface area contributed by atoms with Gasteiger partial charge in [-0.05, 0) is 42.0 Å². The largest absolute Gasteiger partial charge is 0.355 e. The molecule has 0 fully saturated rings. The molecule has 3 rings (SSSR count). The molecule has 4 nitrogen and oxygen atoms in total. The quantitative estimate of drug-likeness (QED) is 0.801. The molecule has 2 aromatic carbocycles. The van der Waals surface area contributed by atoms with E-state index in [4.69, 9.17) is 4.52 Å². The van der Waals surface area contributed by atoms with Crippen LogP contribution in [0.1, 0.15) is 16.1 Å². The van der Waals surface area contributed by atoms with Gasteiger partial charge >= 0.3 is 0 Å².